The molecular weight excluding hydrogens is 196 g/mol. The van der Waals surface area contributed by atoms with E-state index < -0.39 is 0 Å². The van der Waals surface area contributed by atoms with Gasteiger partial charge < -0.3 is 9.67 Å². The summed E-state index contributed by atoms with van der Waals surface area (Å²) in [5.41, 5.74) is 0. The average Bonchev–Trinajstić information content (AvgIpc) is 2.87. The average molecular weight is 208 g/mol. The molecule has 0 radical (unpaired) electrons. The van der Waals surface area contributed by atoms with Crippen molar-refractivity contribution in [1.29, 1.82) is 0 Å². The molecule has 0 spiro atoms. The molecule has 1 N–H and O–H groups in total. The van der Waals surface area contributed by atoms with Gasteiger partial charge in [-0.15, -0.1) is 11.3 Å². The van der Waals surface area contributed by atoms with Crippen LogP contribution in [-0.2, 0) is 6.54 Å². The zero-order valence-corrected chi connectivity index (χ0v) is 8.52. The van der Waals surface area contributed by atoms with Gasteiger partial charge in [-0.25, -0.2) is 4.98 Å². The largest absolute Gasteiger partial charge is 0.388 e. The summed E-state index contributed by atoms with van der Waals surface area (Å²) < 4.78 is 1.97. The predicted octanol–water partition coefficient (Wildman–Crippen LogP) is 2.07. The van der Waals surface area contributed by atoms with Crippen LogP contribution in [0.4, 0.5) is 0 Å². The Morgan fingerprint density at radius 3 is 3.14 bits per heavy atom. The maximum Gasteiger partial charge on any atom is 0.0945 e. The van der Waals surface area contributed by atoms with Gasteiger partial charge in [0.05, 0.1) is 12.4 Å². The number of rotatable bonds is 4. The van der Waals surface area contributed by atoms with E-state index >= 15 is 0 Å². The second kappa shape index (κ2) is 4.39. The first-order valence-electron chi connectivity index (χ1n) is 4.53. The maximum absolute atomic E-state index is 9.78. The highest BCUT2D eigenvalue weighted by Crippen LogP contribution is 2.21. The molecule has 1 atom stereocenters. The minimum absolute atomic E-state index is 0.350. The molecule has 3 nitrogen and oxygen atoms in total. The number of aliphatic hydroxyl groups is 1. The number of imidazole rings is 1. The first kappa shape index (κ1) is 9.43. The second-order valence-electron chi connectivity index (χ2n) is 3.12. The number of nitrogens with zero attached hydrogens (tertiary/aromatic N) is 2. The molecule has 74 valence electrons. The van der Waals surface area contributed by atoms with Crippen LogP contribution >= 0.6 is 11.3 Å². The van der Waals surface area contributed by atoms with Gasteiger partial charge in [0.1, 0.15) is 0 Å². The minimum Gasteiger partial charge on any atom is -0.388 e. The van der Waals surface area contributed by atoms with E-state index in [1.165, 1.54) is 0 Å². The summed E-state index contributed by atoms with van der Waals surface area (Å²) in [6.07, 6.45) is 5.80. The Balaban J connectivity index is 1.87. The highest BCUT2D eigenvalue weighted by atomic mass is 32.1. The van der Waals surface area contributed by atoms with Crippen molar-refractivity contribution in [2.24, 2.45) is 0 Å². The minimum atomic E-state index is -0.350. The molecule has 0 aliphatic carbocycles. The van der Waals surface area contributed by atoms with E-state index in [9.17, 15) is 5.11 Å². The van der Waals surface area contributed by atoms with Gasteiger partial charge in [-0.3, -0.25) is 0 Å². The Morgan fingerprint density at radius 1 is 1.57 bits per heavy atom. The van der Waals surface area contributed by atoms with Gasteiger partial charge in [0.25, 0.3) is 0 Å². The zero-order valence-electron chi connectivity index (χ0n) is 7.71. The molecule has 0 aliphatic heterocycles. The third-order valence-electron chi connectivity index (χ3n) is 2.09. The molecule has 0 saturated carbocycles. The van der Waals surface area contributed by atoms with E-state index in [-0.39, 0.29) is 6.10 Å². The first-order valence-corrected chi connectivity index (χ1v) is 5.41. The lowest BCUT2D eigenvalue weighted by Crippen LogP contribution is -2.01. The Bertz CT molecular complexity index is 355. The SMILES string of the molecule is OC(CCn1ccnc1)c1cccs1. The lowest BCUT2D eigenvalue weighted by atomic mass is 10.2. The van der Waals surface area contributed by atoms with Crippen LogP contribution in [-0.4, -0.2) is 14.7 Å². The molecule has 2 heterocycles. The molecular formula is C10H12N2OS. The summed E-state index contributed by atoms with van der Waals surface area (Å²) in [5, 5.41) is 11.8. The van der Waals surface area contributed by atoms with Crippen LogP contribution in [0, 0.1) is 0 Å². The number of thiophene rings is 1. The van der Waals surface area contributed by atoms with Crippen molar-refractivity contribution < 1.29 is 5.11 Å². The molecule has 0 aromatic carbocycles. The van der Waals surface area contributed by atoms with Gasteiger partial charge in [0.15, 0.2) is 0 Å². The predicted molar refractivity (Wildman–Crippen MR) is 56.1 cm³/mol. The summed E-state index contributed by atoms with van der Waals surface area (Å²) in [7, 11) is 0. The maximum atomic E-state index is 9.78. The summed E-state index contributed by atoms with van der Waals surface area (Å²) in [4.78, 5) is 4.98. The van der Waals surface area contributed by atoms with Crippen LogP contribution in [0.1, 0.15) is 17.4 Å². The van der Waals surface area contributed by atoms with E-state index in [4.69, 9.17) is 0 Å². The van der Waals surface area contributed by atoms with Crippen molar-refractivity contribution >= 4 is 11.3 Å². The number of hydrogen-bond donors (Lipinski definition) is 1. The van der Waals surface area contributed by atoms with Gasteiger partial charge in [0, 0.05) is 23.8 Å². The lowest BCUT2D eigenvalue weighted by molar-refractivity contribution is 0.165. The lowest BCUT2D eigenvalue weighted by Gasteiger charge is -2.08. The van der Waals surface area contributed by atoms with Crippen molar-refractivity contribution in [1.82, 2.24) is 9.55 Å². The fraction of sp³-hybridized carbons (Fsp3) is 0.300. The summed E-state index contributed by atoms with van der Waals surface area (Å²) in [5.74, 6) is 0. The quantitative estimate of drug-likeness (QED) is 0.835. The van der Waals surface area contributed by atoms with E-state index in [0.717, 1.165) is 17.8 Å². The molecule has 0 bridgehead atoms. The topological polar surface area (TPSA) is 38.0 Å². The Morgan fingerprint density at radius 2 is 2.50 bits per heavy atom. The smallest absolute Gasteiger partial charge is 0.0945 e. The Hall–Kier alpha value is -1.13. The van der Waals surface area contributed by atoms with E-state index in [0.29, 0.717) is 0 Å². The zero-order chi connectivity index (χ0) is 9.80. The van der Waals surface area contributed by atoms with Gasteiger partial charge in [-0.1, -0.05) is 6.07 Å². The molecule has 1 unspecified atom stereocenters. The number of aromatic nitrogens is 2. The molecule has 4 heteroatoms. The fourth-order valence-electron chi connectivity index (χ4n) is 1.31. The van der Waals surface area contributed by atoms with Gasteiger partial charge >= 0.3 is 0 Å². The molecule has 0 amide bonds. The van der Waals surface area contributed by atoms with E-state index in [1.807, 2.05) is 28.3 Å². The number of aliphatic hydroxyl groups excluding tert-OH is 1. The molecule has 2 aromatic rings. The van der Waals surface area contributed by atoms with Crippen molar-refractivity contribution in [3.05, 3.63) is 41.1 Å². The molecule has 0 saturated heterocycles. The number of hydrogen-bond acceptors (Lipinski definition) is 3. The summed E-state index contributed by atoms with van der Waals surface area (Å²) >= 11 is 1.59. The van der Waals surface area contributed by atoms with Crippen LogP contribution in [0.25, 0.3) is 0 Å². The van der Waals surface area contributed by atoms with Gasteiger partial charge in [0.2, 0.25) is 0 Å². The second-order valence-corrected chi connectivity index (χ2v) is 4.10. The molecule has 0 aliphatic rings. The Kier molecular flexibility index (Phi) is 2.96. The van der Waals surface area contributed by atoms with Crippen LogP contribution < -0.4 is 0 Å². The van der Waals surface area contributed by atoms with Crippen LogP contribution in [0.2, 0.25) is 0 Å². The highest BCUT2D eigenvalue weighted by molar-refractivity contribution is 7.10. The third-order valence-corrected chi connectivity index (χ3v) is 3.07. The molecule has 14 heavy (non-hydrogen) atoms. The fourth-order valence-corrected chi connectivity index (χ4v) is 2.06. The highest BCUT2D eigenvalue weighted by Gasteiger charge is 2.07. The first-order chi connectivity index (χ1) is 6.86. The Labute approximate surface area is 86.7 Å². The van der Waals surface area contributed by atoms with Gasteiger partial charge in [-0.2, -0.15) is 0 Å². The van der Waals surface area contributed by atoms with Crippen LogP contribution in [0.3, 0.4) is 0 Å². The molecule has 0 fully saturated rings. The summed E-state index contributed by atoms with van der Waals surface area (Å²) in [6.45, 7) is 0.805. The summed E-state index contributed by atoms with van der Waals surface area (Å²) in [6, 6.07) is 3.92. The van der Waals surface area contributed by atoms with Crippen LogP contribution in [0.15, 0.2) is 36.2 Å². The van der Waals surface area contributed by atoms with Crippen molar-refractivity contribution in [3.63, 3.8) is 0 Å². The van der Waals surface area contributed by atoms with E-state index in [1.54, 1.807) is 23.9 Å². The van der Waals surface area contributed by atoms with Gasteiger partial charge in [-0.05, 0) is 17.9 Å². The monoisotopic (exact) mass is 208 g/mol. The van der Waals surface area contributed by atoms with E-state index in [2.05, 4.69) is 4.98 Å². The van der Waals surface area contributed by atoms with Crippen molar-refractivity contribution in [3.8, 4) is 0 Å². The number of aryl methyl sites for hydroxylation is 1. The normalized spacial score (nSPS) is 12.9. The van der Waals surface area contributed by atoms with Crippen molar-refractivity contribution in [2.45, 2.75) is 19.1 Å². The molecule has 2 aromatic heterocycles. The third kappa shape index (κ3) is 2.21. The van der Waals surface area contributed by atoms with Crippen molar-refractivity contribution in [2.75, 3.05) is 0 Å². The van der Waals surface area contributed by atoms with Crippen LogP contribution in [0.5, 0.6) is 0 Å². The standard InChI is InChI=1S/C10H12N2OS/c13-9(10-2-1-7-14-10)3-5-12-6-4-11-8-12/h1-2,4,6-9,13H,3,5H2. The molecule has 2 rings (SSSR count).